The Balaban J connectivity index is 1.74. The minimum Gasteiger partial charge on any atom is -0.444 e. The van der Waals surface area contributed by atoms with Crippen molar-refractivity contribution in [1.29, 1.82) is 0 Å². The molecule has 2 rings (SSSR count). The number of nitrogens with one attached hydrogen (secondary N) is 1. The van der Waals surface area contributed by atoms with Gasteiger partial charge >= 0.3 is 11.7 Å². The van der Waals surface area contributed by atoms with Crippen molar-refractivity contribution in [2.45, 2.75) is 46.3 Å². The van der Waals surface area contributed by atoms with Crippen LogP contribution in [-0.2, 0) is 16.1 Å². The molecule has 0 saturated carbocycles. The third kappa shape index (κ3) is 6.23. The summed E-state index contributed by atoms with van der Waals surface area (Å²) in [5.41, 5.74) is 1.55. The number of rotatable bonds is 6. The average molecular weight is 347 g/mol. The second kappa shape index (κ2) is 8.16. The maximum Gasteiger partial charge on any atom is 0.407 e. The van der Waals surface area contributed by atoms with E-state index in [1.807, 2.05) is 45.9 Å². The molecule has 6 heteroatoms. The summed E-state index contributed by atoms with van der Waals surface area (Å²) < 4.78 is 16.0. The molecule has 0 aliphatic rings. The van der Waals surface area contributed by atoms with Crippen LogP contribution in [-0.4, -0.2) is 24.8 Å². The van der Waals surface area contributed by atoms with E-state index in [2.05, 4.69) is 5.32 Å². The SMILES string of the molecule is Cc1cc(=O)oc2cc(COCCCNC(=O)OC(C)(C)C)ccc12. The largest absolute Gasteiger partial charge is 0.444 e. The number of ether oxygens (including phenoxy) is 2. The highest BCUT2D eigenvalue weighted by Crippen LogP contribution is 2.18. The molecule has 0 aliphatic carbocycles. The van der Waals surface area contributed by atoms with Crippen LogP contribution in [0.4, 0.5) is 4.79 Å². The van der Waals surface area contributed by atoms with E-state index in [-0.39, 0.29) is 5.63 Å². The highest BCUT2D eigenvalue weighted by Gasteiger charge is 2.15. The smallest absolute Gasteiger partial charge is 0.407 e. The number of benzene rings is 1. The number of amides is 1. The fourth-order valence-electron chi connectivity index (χ4n) is 2.33. The number of hydrogen-bond acceptors (Lipinski definition) is 5. The summed E-state index contributed by atoms with van der Waals surface area (Å²) in [6.45, 7) is 8.76. The van der Waals surface area contributed by atoms with Gasteiger partial charge in [-0.3, -0.25) is 0 Å². The Kier molecular flexibility index (Phi) is 6.20. The molecule has 0 spiro atoms. The maximum absolute atomic E-state index is 11.5. The molecule has 0 saturated heterocycles. The molecule has 0 aliphatic heterocycles. The lowest BCUT2D eigenvalue weighted by molar-refractivity contribution is 0.0518. The van der Waals surface area contributed by atoms with Gasteiger partial charge in [0.25, 0.3) is 0 Å². The van der Waals surface area contributed by atoms with Crippen LogP contribution in [0.3, 0.4) is 0 Å². The first-order valence-corrected chi connectivity index (χ1v) is 8.32. The van der Waals surface area contributed by atoms with Gasteiger partial charge in [-0.25, -0.2) is 9.59 Å². The van der Waals surface area contributed by atoms with Crippen molar-refractivity contribution in [3.8, 4) is 0 Å². The second-order valence-electron chi connectivity index (χ2n) is 6.91. The zero-order valence-electron chi connectivity index (χ0n) is 15.2. The van der Waals surface area contributed by atoms with E-state index in [4.69, 9.17) is 13.9 Å². The zero-order chi connectivity index (χ0) is 18.4. The Morgan fingerprint density at radius 2 is 2.00 bits per heavy atom. The topological polar surface area (TPSA) is 77.8 Å². The van der Waals surface area contributed by atoms with Gasteiger partial charge in [0.2, 0.25) is 0 Å². The highest BCUT2D eigenvalue weighted by atomic mass is 16.6. The molecule has 1 N–H and O–H groups in total. The monoisotopic (exact) mass is 347 g/mol. The molecule has 0 bridgehead atoms. The van der Waals surface area contributed by atoms with E-state index in [1.165, 1.54) is 6.07 Å². The van der Waals surface area contributed by atoms with Crippen LogP contribution in [0.1, 0.15) is 38.3 Å². The van der Waals surface area contributed by atoms with Crippen LogP contribution in [0, 0.1) is 6.92 Å². The van der Waals surface area contributed by atoms with Crippen LogP contribution in [0.15, 0.2) is 33.5 Å². The van der Waals surface area contributed by atoms with E-state index in [9.17, 15) is 9.59 Å². The molecule has 0 unspecified atom stereocenters. The van der Waals surface area contributed by atoms with Crippen LogP contribution in [0.25, 0.3) is 11.0 Å². The van der Waals surface area contributed by atoms with Gasteiger partial charge < -0.3 is 19.2 Å². The number of carbonyl (C=O) groups is 1. The van der Waals surface area contributed by atoms with Crippen molar-refractivity contribution >= 4 is 17.1 Å². The van der Waals surface area contributed by atoms with Gasteiger partial charge in [-0.1, -0.05) is 12.1 Å². The summed E-state index contributed by atoms with van der Waals surface area (Å²) in [7, 11) is 0. The average Bonchev–Trinajstić information content (AvgIpc) is 2.48. The van der Waals surface area contributed by atoms with E-state index >= 15 is 0 Å². The number of alkyl carbamates (subject to hydrolysis) is 1. The molecular weight excluding hydrogens is 322 g/mol. The molecule has 1 amide bonds. The normalized spacial score (nSPS) is 11.5. The zero-order valence-corrected chi connectivity index (χ0v) is 15.2. The second-order valence-corrected chi connectivity index (χ2v) is 6.91. The van der Waals surface area contributed by atoms with Gasteiger partial charge in [0.1, 0.15) is 11.2 Å². The number of fused-ring (bicyclic) bond motifs is 1. The molecule has 136 valence electrons. The summed E-state index contributed by atoms with van der Waals surface area (Å²) in [4.78, 5) is 22.9. The fourth-order valence-corrected chi connectivity index (χ4v) is 2.33. The van der Waals surface area contributed by atoms with E-state index in [1.54, 1.807) is 0 Å². The lowest BCUT2D eigenvalue weighted by Gasteiger charge is -2.19. The molecule has 0 atom stereocenters. The lowest BCUT2D eigenvalue weighted by atomic mass is 10.1. The predicted octanol–water partition coefficient (Wildman–Crippen LogP) is 3.53. The Hall–Kier alpha value is -2.34. The number of carbonyl (C=O) groups excluding carboxylic acids is 1. The van der Waals surface area contributed by atoms with Gasteiger partial charge in [0.05, 0.1) is 6.61 Å². The first-order valence-electron chi connectivity index (χ1n) is 8.32. The summed E-state index contributed by atoms with van der Waals surface area (Å²) in [5, 5.41) is 3.60. The maximum atomic E-state index is 11.5. The Morgan fingerprint density at radius 1 is 1.24 bits per heavy atom. The molecule has 1 heterocycles. The van der Waals surface area contributed by atoms with E-state index in [0.717, 1.165) is 16.5 Å². The number of aryl methyl sites for hydroxylation is 1. The van der Waals surface area contributed by atoms with Gasteiger partial charge in [-0.05, 0) is 51.3 Å². The third-order valence-corrected chi connectivity index (χ3v) is 3.42. The fraction of sp³-hybridized carbons (Fsp3) is 0.474. The highest BCUT2D eigenvalue weighted by molar-refractivity contribution is 5.80. The Bertz CT molecular complexity index is 788. The van der Waals surface area contributed by atoms with Crippen molar-refractivity contribution in [2.75, 3.05) is 13.2 Å². The van der Waals surface area contributed by atoms with Crippen LogP contribution in [0.2, 0.25) is 0 Å². The minimum absolute atomic E-state index is 0.351. The Labute approximate surface area is 147 Å². The molecule has 0 fully saturated rings. The van der Waals surface area contributed by atoms with Crippen molar-refractivity contribution < 1.29 is 18.7 Å². The molecule has 25 heavy (non-hydrogen) atoms. The summed E-state index contributed by atoms with van der Waals surface area (Å²) in [6, 6.07) is 7.18. The van der Waals surface area contributed by atoms with E-state index in [0.29, 0.717) is 31.8 Å². The first kappa shape index (κ1) is 19.0. The molecule has 1 aromatic carbocycles. The van der Waals surface area contributed by atoms with Crippen molar-refractivity contribution in [2.24, 2.45) is 0 Å². The Morgan fingerprint density at radius 3 is 2.72 bits per heavy atom. The van der Waals surface area contributed by atoms with Gasteiger partial charge in [0, 0.05) is 24.6 Å². The minimum atomic E-state index is -0.496. The first-order chi connectivity index (χ1) is 11.7. The van der Waals surface area contributed by atoms with Crippen LogP contribution < -0.4 is 10.9 Å². The van der Waals surface area contributed by atoms with Gasteiger partial charge in [0.15, 0.2) is 0 Å². The lowest BCUT2D eigenvalue weighted by Crippen LogP contribution is -2.33. The van der Waals surface area contributed by atoms with Crippen LogP contribution in [0.5, 0.6) is 0 Å². The van der Waals surface area contributed by atoms with Gasteiger partial charge in [-0.2, -0.15) is 0 Å². The van der Waals surface area contributed by atoms with Crippen molar-refractivity contribution in [1.82, 2.24) is 5.32 Å². The third-order valence-electron chi connectivity index (χ3n) is 3.42. The predicted molar refractivity (Wildman–Crippen MR) is 95.7 cm³/mol. The quantitative estimate of drug-likeness (QED) is 0.639. The molecule has 2 aromatic rings. The summed E-state index contributed by atoms with van der Waals surface area (Å²) in [6.07, 6.45) is 0.258. The van der Waals surface area contributed by atoms with Crippen molar-refractivity contribution in [3.05, 3.63) is 45.8 Å². The van der Waals surface area contributed by atoms with E-state index < -0.39 is 11.7 Å². The molecular formula is C19H25NO5. The van der Waals surface area contributed by atoms with Gasteiger partial charge in [-0.15, -0.1) is 0 Å². The van der Waals surface area contributed by atoms with Crippen LogP contribution >= 0.6 is 0 Å². The summed E-state index contributed by atoms with van der Waals surface area (Å²) >= 11 is 0. The van der Waals surface area contributed by atoms with Crippen molar-refractivity contribution in [3.63, 3.8) is 0 Å². The number of hydrogen-bond donors (Lipinski definition) is 1. The molecule has 6 nitrogen and oxygen atoms in total. The molecule has 1 aromatic heterocycles. The molecule has 0 radical (unpaired) electrons. The standard InChI is InChI=1S/C19H25NO5/c1-13-10-17(21)24-16-11-14(6-7-15(13)16)12-23-9-5-8-20-18(22)25-19(2,3)4/h6-7,10-11H,5,8-9,12H2,1-4H3,(H,20,22). The summed E-state index contributed by atoms with van der Waals surface area (Å²) in [5.74, 6) is 0.